The molecule has 0 spiro atoms. The Labute approximate surface area is 409 Å². The summed E-state index contributed by atoms with van der Waals surface area (Å²) >= 11 is 0. The van der Waals surface area contributed by atoms with Gasteiger partial charge in [0.1, 0.15) is 13.2 Å². The van der Waals surface area contributed by atoms with E-state index in [1.165, 1.54) is 180 Å². The maximum absolute atomic E-state index is 12.8. The average Bonchev–Trinajstić information content (AvgIpc) is 3.31. The summed E-state index contributed by atoms with van der Waals surface area (Å²) in [6.45, 7) is 6.60. The lowest BCUT2D eigenvalue weighted by Gasteiger charge is -2.18. The zero-order chi connectivity index (χ0) is 47.9. The van der Waals surface area contributed by atoms with Gasteiger partial charge >= 0.3 is 17.9 Å². The first kappa shape index (κ1) is 63.4. The molecule has 0 aromatic heterocycles. The molecule has 0 amide bonds. The van der Waals surface area contributed by atoms with Crippen molar-refractivity contribution in [1.29, 1.82) is 0 Å². The van der Waals surface area contributed by atoms with Crippen molar-refractivity contribution in [2.75, 3.05) is 13.2 Å². The van der Waals surface area contributed by atoms with E-state index in [9.17, 15) is 14.4 Å². The first-order valence-electron chi connectivity index (χ1n) is 28.6. The van der Waals surface area contributed by atoms with E-state index in [-0.39, 0.29) is 37.5 Å². The monoisotopic (exact) mass is 925 g/mol. The van der Waals surface area contributed by atoms with Gasteiger partial charge in [-0.05, 0) is 83.5 Å². The van der Waals surface area contributed by atoms with E-state index in [0.29, 0.717) is 19.3 Å². The standard InChI is InChI=1S/C60H108O6/c1-4-7-10-13-16-19-22-25-28-29-30-33-35-38-41-44-47-50-53-59(62)65-56-57(66-60(63)54-51-48-45-42-39-36-32-27-24-21-18-15-12-9-6-3)55-64-58(61)52-49-46-43-40-37-34-31-26-23-20-17-14-11-8-5-2/h18,21,26-27,31-32,39,42,57H,4-17,19-20,22-25,28-30,33-38,40-41,43-56H2,1-3H3/b21-18-,31-26-,32-27-,42-39-/t57-/m1/s1. The minimum Gasteiger partial charge on any atom is -0.462 e. The summed E-state index contributed by atoms with van der Waals surface area (Å²) in [5.74, 6) is -0.922. The number of hydrogen-bond donors (Lipinski definition) is 0. The first-order valence-corrected chi connectivity index (χ1v) is 28.6. The van der Waals surface area contributed by atoms with Crippen LogP contribution in [0.3, 0.4) is 0 Å². The van der Waals surface area contributed by atoms with Crippen LogP contribution in [-0.2, 0) is 28.6 Å². The van der Waals surface area contributed by atoms with Crippen LogP contribution < -0.4 is 0 Å². The molecule has 0 heterocycles. The topological polar surface area (TPSA) is 78.9 Å². The summed E-state index contributed by atoms with van der Waals surface area (Å²) in [5, 5.41) is 0. The molecule has 0 aliphatic carbocycles. The number of carbonyl (C=O) groups is 3. The Morgan fingerprint density at radius 1 is 0.303 bits per heavy atom. The lowest BCUT2D eigenvalue weighted by molar-refractivity contribution is -0.167. The number of esters is 3. The van der Waals surface area contributed by atoms with E-state index in [1.807, 2.05) is 0 Å². The highest BCUT2D eigenvalue weighted by Crippen LogP contribution is 2.16. The molecule has 0 rings (SSSR count). The Kier molecular flexibility index (Phi) is 52.8. The lowest BCUT2D eigenvalue weighted by atomic mass is 10.0. The number of ether oxygens (including phenoxy) is 3. The Hall–Kier alpha value is -2.63. The third-order valence-corrected chi connectivity index (χ3v) is 12.6. The average molecular weight is 926 g/mol. The van der Waals surface area contributed by atoms with Crippen LogP contribution in [0, 0.1) is 0 Å². The predicted octanol–water partition coefficient (Wildman–Crippen LogP) is 19.0. The Balaban J connectivity index is 4.40. The van der Waals surface area contributed by atoms with Gasteiger partial charge in [0.05, 0.1) is 0 Å². The van der Waals surface area contributed by atoms with Crippen LogP contribution in [0.2, 0.25) is 0 Å². The van der Waals surface area contributed by atoms with Gasteiger partial charge < -0.3 is 14.2 Å². The fourth-order valence-corrected chi connectivity index (χ4v) is 8.21. The molecule has 6 nitrogen and oxygen atoms in total. The zero-order valence-electron chi connectivity index (χ0n) is 44.0. The summed E-state index contributed by atoms with van der Waals surface area (Å²) < 4.78 is 16.8. The third kappa shape index (κ3) is 52.3. The maximum Gasteiger partial charge on any atom is 0.306 e. The molecule has 6 heteroatoms. The fraction of sp³-hybridized carbons (Fsp3) is 0.817. The van der Waals surface area contributed by atoms with E-state index in [0.717, 1.165) is 70.6 Å². The van der Waals surface area contributed by atoms with E-state index in [4.69, 9.17) is 14.2 Å². The molecule has 0 bridgehead atoms. The summed E-state index contributed by atoms with van der Waals surface area (Å²) in [6, 6.07) is 0. The van der Waals surface area contributed by atoms with E-state index >= 15 is 0 Å². The highest BCUT2D eigenvalue weighted by atomic mass is 16.6. The van der Waals surface area contributed by atoms with Gasteiger partial charge in [0.2, 0.25) is 0 Å². The predicted molar refractivity (Wildman–Crippen MR) is 284 cm³/mol. The molecule has 1 atom stereocenters. The van der Waals surface area contributed by atoms with E-state index in [2.05, 4.69) is 69.4 Å². The fourth-order valence-electron chi connectivity index (χ4n) is 8.21. The molecule has 0 aliphatic heterocycles. The molecule has 0 aromatic rings. The molecular formula is C60H108O6. The smallest absolute Gasteiger partial charge is 0.306 e. The van der Waals surface area contributed by atoms with Gasteiger partial charge in [-0.3, -0.25) is 14.4 Å². The number of carbonyl (C=O) groups excluding carboxylic acids is 3. The van der Waals surface area contributed by atoms with Gasteiger partial charge in [-0.15, -0.1) is 0 Å². The van der Waals surface area contributed by atoms with Crippen LogP contribution >= 0.6 is 0 Å². The molecule has 0 saturated heterocycles. The molecule has 0 saturated carbocycles. The molecule has 0 radical (unpaired) electrons. The van der Waals surface area contributed by atoms with Crippen molar-refractivity contribution in [3.63, 3.8) is 0 Å². The van der Waals surface area contributed by atoms with Crippen molar-refractivity contribution < 1.29 is 28.6 Å². The van der Waals surface area contributed by atoms with Crippen molar-refractivity contribution in [2.45, 2.75) is 303 Å². The number of unbranched alkanes of at least 4 members (excludes halogenated alkanes) is 33. The SMILES string of the molecule is CCCCC/C=C\C/C=C\C/C=C\CCCCC(=O)O[C@H](COC(=O)CCCCCCC/C=C\CCCCCCCC)COC(=O)CCCCCCCCCCCCCCCCCCCC. The highest BCUT2D eigenvalue weighted by Gasteiger charge is 2.19. The molecule has 66 heavy (non-hydrogen) atoms. The normalized spacial score (nSPS) is 12.3. The molecule has 0 fully saturated rings. The second-order valence-electron chi connectivity index (χ2n) is 19.2. The number of allylic oxidation sites excluding steroid dienone is 8. The number of hydrogen-bond acceptors (Lipinski definition) is 6. The number of rotatable bonds is 52. The quantitative estimate of drug-likeness (QED) is 0.0262. The Morgan fingerprint density at radius 3 is 0.924 bits per heavy atom. The van der Waals surface area contributed by atoms with Gasteiger partial charge in [0, 0.05) is 19.3 Å². The third-order valence-electron chi connectivity index (χ3n) is 12.6. The van der Waals surface area contributed by atoms with Crippen LogP contribution in [-0.4, -0.2) is 37.2 Å². The van der Waals surface area contributed by atoms with Gasteiger partial charge in [0.25, 0.3) is 0 Å². The molecule has 0 aliphatic rings. The highest BCUT2D eigenvalue weighted by molar-refractivity contribution is 5.71. The van der Waals surface area contributed by atoms with Crippen LogP contribution in [0.1, 0.15) is 297 Å². The van der Waals surface area contributed by atoms with Crippen molar-refractivity contribution >= 4 is 17.9 Å². The molecule has 0 unspecified atom stereocenters. The molecular weight excluding hydrogens is 817 g/mol. The largest absolute Gasteiger partial charge is 0.462 e. The Bertz CT molecular complexity index is 1150. The first-order chi connectivity index (χ1) is 32.5. The van der Waals surface area contributed by atoms with Crippen molar-refractivity contribution in [2.24, 2.45) is 0 Å². The molecule has 0 N–H and O–H groups in total. The van der Waals surface area contributed by atoms with Crippen LogP contribution in [0.15, 0.2) is 48.6 Å². The van der Waals surface area contributed by atoms with Crippen molar-refractivity contribution in [3.05, 3.63) is 48.6 Å². The van der Waals surface area contributed by atoms with E-state index < -0.39 is 6.10 Å². The van der Waals surface area contributed by atoms with Gasteiger partial charge in [0.15, 0.2) is 6.10 Å². The van der Waals surface area contributed by atoms with Gasteiger partial charge in [-0.25, -0.2) is 0 Å². The van der Waals surface area contributed by atoms with Crippen LogP contribution in [0.4, 0.5) is 0 Å². The van der Waals surface area contributed by atoms with Crippen molar-refractivity contribution in [3.8, 4) is 0 Å². The second-order valence-corrected chi connectivity index (χ2v) is 19.2. The Morgan fingerprint density at radius 2 is 0.545 bits per heavy atom. The minimum atomic E-state index is -0.794. The summed E-state index contributed by atoms with van der Waals surface area (Å²) in [5.41, 5.74) is 0. The van der Waals surface area contributed by atoms with Gasteiger partial charge in [-0.1, -0.05) is 243 Å². The summed E-state index contributed by atoms with van der Waals surface area (Å²) in [4.78, 5) is 38.1. The maximum atomic E-state index is 12.8. The summed E-state index contributed by atoms with van der Waals surface area (Å²) in [7, 11) is 0. The molecule has 384 valence electrons. The van der Waals surface area contributed by atoms with Crippen LogP contribution in [0.25, 0.3) is 0 Å². The van der Waals surface area contributed by atoms with E-state index in [1.54, 1.807) is 0 Å². The van der Waals surface area contributed by atoms with Crippen LogP contribution in [0.5, 0.6) is 0 Å². The van der Waals surface area contributed by atoms with Crippen molar-refractivity contribution in [1.82, 2.24) is 0 Å². The molecule has 0 aromatic carbocycles. The second kappa shape index (κ2) is 55.0. The zero-order valence-corrected chi connectivity index (χ0v) is 44.0. The summed E-state index contributed by atoms with van der Waals surface area (Å²) in [6.07, 6.45) is 66.7. The minimum absolute atomic E-state index is 0.0881. The van der Waals surface area contributed by atoms with Gasteiger partial charge in [-0.2, -0.15) is 0 Å². The lowest BCUT2D eigenvalue weighted by Crippen LogP contribution is -2.30.